The van der Waals surface area contributed by atoms with E-state index in [2.05, 4.69) is 9.71 Å². The third-order valence-corrected chi connectivity index (χ3v) is 6.53. The van der Waals surface area contributed by atoms with Gasteiger partial charge in [-0.2, -0.15) is 8.42 Å². The van der Waals surface area contributed by atoms with Crippen molar-refractivity contribution in [3.63, 3.8) is 0 Å². The SMILES string of the molecule is CC(C)CCN1C(=O)C(C2=NS(=O)(=O)c3ccccc3N2)C(=O)c2c(O)cccc21. The summed E-state index contributed by atoms with van der Waals surface area (Å²) in [5, 5.41) is 13.2. The van der Waals surface area contributed by atoms with Gasteiger partial charge in [0.15, 0.2) is 11.7 Å². The van der Waals surface area contributed by atoms with Crippen molar-refractivity contribution in [3.8, 4) is 5.75 Å². The van der Waals surface area contributed by atoms with E-state index in [1.807, 2.05) is 13.8 Å². The number of Topliss-reactive ketones (excluding diaryl/α,β-unsaturated/α-hetero) is 1. The summed E-state index contributed by atoms with van der Waals surface area (Å²) in [4.78, 5) is 28.0. The van der Waals surface area contributed by atoms with Crippen LogP contribution >= 0.6 is 0 Å². The number of nitrogens with one attached hydrogen (secondary N) is 1. The lowest BCUT2D eigenvalue weighted by Crippen LogP contribution is -2.50. The molecule has 2 aromatic rings. The second-order valence-corrected chi connectivity index (χ2v) is 9.29. The maximum atomic E-state index is 13.4. The molecule has 1 amide bonds. The number of amidine groups is 1. The molecule has 2 aliphatic heterocycles. The molecule has 2 heterocycles. The Labute approximate surface area is 174 Å². The van der Waals surface area contributed by atoms with E-state index in [9.17, 15) is 23.1 Å². The van der Waals surface area contributed by atoms with Crippen LogP contribution in [-0.2, 0) is 14.8 Å². The summed E-state index contributed by atoms with van der Waals surface area (Å²) in [7, 11) is -4.08. The van der Waals surface area contributed by atoms with Crippen molar-refractivity contribution in [1.82, 2.24) is 0 Å². The topological polar surface area (TPSA) is 116 Å². The molecule has 1 atom stereocenters. The van der Waals surface area contributed by atoms with Crippen LogP contribution in [0, 0.1) is 11.8 Å². The van der Waals surface area contributed by atoms with Gasteiger partial charge in [-0.1, -0.05) is 32.0 Å². The lowest BCUT2D eigenvalue weighted by molar-refractivity contribution is -0.119. The van der Waals surface area contributed by atoms with Crippen molar-refractivity contribution in [3.05, 3.63) is 48.0 Å². The lowest BCUT2D eigenvalue weighted by Gasteiger charge is -2.35. The molecule has 0 radical (unpaired) electrons. The number of aromatic hydroxyl groups is 1. The van der Waals surface area contributed by atoms with Crippen molar-refractivity contribution < 1.29 is 23.1 Å². The van der Waals surface area contributed by atoms with Crippen LogP contribution in [0.4, 0.5) is 11.4 Å². The molecule has 0 aliphatic carbocycles. The number of benzene rings is 2. The fourth-order valence-corrected chi connectivity index (χ4v) is 4.81. The number of sulfonamides is 1. The Kier molecular flexibility index (Phi) is 4.85. The molecule has 0 saturated carbocycles. The zero-order valence-corrected chi connectivity index (χ0v) is 17.3. The van der Waals surface area contributed by atoms with Gasteiger partial charge in [-0.05, 0) is 36.6 Å². The number of rotatable bonds is 4. The number of ketones is 1. The fourth-order valence-electron chi connectivity index (χ4n) is 3.65. The van der Waals surface area contributed by atoms with Gasteiger partial charge in [-0.15, -0.1) is 4.40 Å². The number of phenols is 1. The Bertz CT molecular complexity index is 1190. The van der Waals surface area contributed by atoms with E-state index in [-0.39, 0.29) is 27.7 Å². The zero-order valence-electron chi connectivity index (χ0n) is 16.5. The predicted octanol–water partition coefficient (Wildman–Crippen LogP) is 2.80. The highest BCUT2D eigenvalue weighted by molar-refractivity contribution is 7.90. The van der Waals surface area contributed by atoms with E-state index in [0.717, 1.165) is 0 Å². The van der Waals surface area contributed by atoms with Crippen LogP contribution in [0.15, 0.2) is 51.8 Å². The van der Waals surface area contributed by atoms with Crippen LogP contribution in [0.25, 0.3) is 0 Å². The number of para-hydroxylation sites is 1. The summed E-state index contributed by atoms with van der Waals surface area (Å²) in [6.07, 6.45) is 0.669. The minimum atomic E-state index is -4.08. The van der Waals surface area contributed by atoms with Gasteiger partial charge < -0.3 is 15.3 Å². The summed E-state index contributed by atoms with van der Waals surface area (Å²) in [5.41, 5.74) is 0.563. The molecule has 0 aromatic heterocycles. The molecule has 2 aliphatic rings. The number of hydrogen-bond acceptors (Lipinski definition) is 6. The standard InChI is InChI=1S/C21H21N3O5S/c1-12(2)10-11-24-14-7-5-8-15(25)17(14)19(26)18(21(24)27)20-22-13-6-3-4-9-16(13)30(28,29)23-20/h3-9,12,18,25H,10-11H2,1-2H3,(H,22,23). The van der Waals surface area contributed by atoms with Crippen LogP contribution in [0.5, 0.6) is 5.75 Å². The highest BCUT2D eigenvalue weighted by Gasteiger charge is 2.45. The second-order valence-electron chi connectivity index (χ2n) is 7.71. The number of carbonyl (C=O) groups excluding carboxylic acids is 2. The zero-order chi connectivity index (χ0) is 21.6. The van der Waals surface area contributed by atoms with Gasteiger partial charge in [0, 0.05) is 6.54 Å². The van der Waals surface area contributed by atoms with Crippen LogP contribution in [0.2, 0.25) is 0 Å². The summed E-state index contributed by atoms with van der Waals surface area (Å²) in [6.45, 7) is 4.35. The van der Waals surface area contributed by atoms with Gasteiger partial charge in [0.1, 0.15) is 16.5 Å². The highest BCUT2D eigenvalue weighted by Crippen LogP contribution is 2.38. The van der Waals surface area contributed by atoms with Crippen molar-refractivity contribution >= 4 is 38.9 Å². The first kappa shape index (κ1) is 20.1. The first-order chi connectivity index (χ1) is 14.2. The number of nitrogens with zero attached hydrogens (tertiary/aromatic N) is 2. The van der Waals surface area contributed by atoms with E-state index in [0.29, 0.717) is 24.6 Å². The molecule has 1 unspecified atom stereocenters. The Morgan fingerprint density at radius 2 is 1.87 bits per heavy atom. The van der Waals surface area contributed by atoms with Crippen molar-refractivity contribution in [2.45, 2.75) is 25.2 Å². The van der Waals surface area contributed by atoms with Crippen molar-refractivity contribution in [2.75, 3.05) is 16.8 Å². The van der Waals surface area contributed by atoms with Crippen LogP contribution < -0.4 is 10.2 Å². The van der Waals surface area contributed by atoms with Gasteiger partial charge in [-0.3, -0.25) is 9.59 Å². The number of fused-ring (bicyclic) bond motifs is 2. The number of anilines is 2. The summed E-state index contributed by atoms with van der Waals surface area (Å²) < 4.78 is 29.0. The monoisotopic (exact) mass is 427 g/mol. The van der Waals surface area contributed by atoms with E-state index in [1.165, 1.54) is 17.0 Å². The van der Waals surface area contributed by atoms with E-state index >= 15 is 0 Å². The predicted molar refractivity (Wildman–Crippen MR) is 112 cm³/mol. The Balaban J connectivity index is 1.83. The third-order valence-electron chi connectivity index (χ3n) is 5.18. The van der Waals surface area contributed by atoms with Crippen LogP contribution in [0.3, 0.4) is 0 Å². The lowest BCUT2D eigenvalue weighted by atomic mass is 9.88. The molecule has 0 fully saturated rings. The number of amides is 1. The number of hydrogen-bond donors (Lipinski definition) is 2. The van der Waals surface area contributed by atoms with Crippen molar-refractivity contribution in [1.29, 1.82) is 0 Å². The van der Waals surface area contributed by atoms with Gasteiger partial charge in [0.05, 0.1) is 16.9 Å². The maximum absolute atomic E-state index is 13.4. The molecule has 0 saturated heterocycles. The molecule has 2 N–H and O–H groups in total. The Morgan fingerprint density at radius 3 is 2.60 bits per heavy atom. The number of carbonyl (C=O) groups is 2. The molecular weight excluding hydrogens is 406 g/mol. The average molecular weight is 427 g/mol. The van der Waals surface area contributed by atoms with Gasteiger partial charge >= 0.3 is 0 Å². The normalized spacial score (nSPS) is 19.8. The molecule has 2 aromatic carbocycles. The Hall–Kier alpha value is -3.20. The van der Waals surface area contributed by atoms with Gasteiger partial charge in [0.25, 0.3) is 10.0 Å². The van der Waals surface area contributed by atoms with Crippen LogP contribution in [-0.4, -0.2) is 37.6 Å². The molecule has 0 bridgehead atoms. The first-order valence-electron chi connectivity index (χ1n) is 9.59. The van der Waals surface area contributed by atoms with Gasteiger partial charge in [-0.25, -0.2) is 0 Å². The average Bonchev–Trinajstić information content (AvgIpc) is 2.67. The molecule has 4 rings (SSSR count). The molecule has 156 valence electrons. The minimum absolute atomic E-state index is 0.00777. The largest absolute Gasteiger partial charge is 0.507 e. The highest BCUT2D eigenvalue weighted by atomic mass is 32.2. The quantitative estimate of drug-likeness (QED) is 0.725. The molecule has 30 heavy (non-hydrogen) atoms. The third kappa shape index (κ3) is 3.24. The van der Waals surface area contributed by atoms with Gasteiger partial charge in [0.2, 0.25) is 5.91 Å². The number of phenolic OH excluding ortho intramolecular Hbond substituents is 1. The fraction of sp³-hybridized carbons (Fsp3) is 0.286. The second kappa shape index (κ2) is 7.24. The minimum Gasteiger partial charge on any atom is -0.507 e. The van der Waals surface area contributed by atoms with E-state index < -0.39 is 27.6 Å². The molecule has 0 spiro atoms. The van der Waals surface area contributed by atoms with Crippen molar-refractivity contribution in [2.24, 2.45) is 16.2 Å². The van der Waals surface area contributed by atoms with E-state index in [1.54, 1.807) is 30.3 Å². The van der Waals surface area contributed by atoms with Crippen LogP contribution in [0.1, 0.15) is 30.6 Å². The smallest absolute Gasteiger partial charge is 0.286 e. The summed E-state index contributed by atoms with van der Waals surface area (Å²) in [5.74, 6) is -2.96. The summed E-state index contributed by atoms with van der Waals surface area (Å²) in [6, 6.07) is 10.7. The maximum Gasteiger partial charge on any atom is 0.286 e. The molecular formula is C21H21N3O5S. The van der Waals surface area contributed by atoms with E-state index in [4.69, 9.17) is 0 Å². The molecule has 9 heteroatoms. The summed E-state index contributed by atoms with van der Waals surface area (Å²) >= 11 is 0. The Morgan fingerprint density at radius 1 is 1.13 bits per heavy atom. The first-order valence-corrected chi connectivity index (χ1v) is 11.0. The molecule has 8 nitrogen and oxygen atoms in total.